The fourth-order valence-corrected chi connectivity index (χ4v) is 2.02. The molecule has 1 aliphatic rings. The molecule has 2 nitrogen and oxygen atoms in total. The lowest BCUT2D eigenvalue weighted by Crippen LogP contribution is -2.17. The number of hydrogen-bond acceptors (Lipinski definition) is 2. The minimum atomic E-state index is -0.596. The lowest BCUT2D eigenvalue weighted by atomic mass is 10.0. The van der Waals surface area contributed by atoms with Crippen LogP contribution < -0.4 is 5.73 Å². The van der Waals surface area contributed by atoms with Crippen LogP contribution in [0.1, 0.15) is 29.2 Å². The highest BCUT2D eigenvalue weighted by molar-refractivity contribution is 5.38. The van der Waals surface area contributed by atoms with Crippen molar-refractivity contribution in [3.05, 3.63) is 34.6 Å². The zero-order valence-electron chi connectivity index (χ0n) is 7.96. The minimum Gasteiger partial charge on any atom is -0.394 e. The molecule has 0 saturated heterocycles. The maximum absolute atomic E-state index is 13.8. The van der Waals surface area contributed by atoms with Crippen molar-refractivity contribution in [3.8, 4) is 0 Å². The highest BCUT2D eigenvalue weighted by Gasteiger charge is 2.20. The Hall–Kier alpha value is -0.930. The first-order valence-electron chi connectivity index (χ1n) is 4.90. The smallest absolute Gasteiger partial charge is 0.131 e. The zero-order valence-corrected chi connectivity index (χ0v) is 7.96. The van der Waals surface area contributed by atoms with E-state index in [0.29, 0.717) is 5.56 Å². The van der Waals surface area contributed by atoms with Gasteiger partial charge in [-0.1, -0.05) is 12.1 Å². The predicted molar refractivity (Wildman–Crippen MR) is 52.4 cm³/mol. The molecule has 0 amide bonds. The number of fused-ring (bicyclic) bond motifs is 1. The summed E-state index contributed by atoms with van der Waals surface area (Å²) in [6, 6.07) is 3.03. The van der Waals surface area contributed by atoms with Crippen molar-refractivity contribution in [2.24, 2.45) is 5.73 Å². The highest BCUT2D eigenvalue weighted by atomic mass is 19.1. The summed E-state index contributed by atoms with van der Waals surface area (Å²) in [6.07, 6.45) is 2.78. The molecular weight excluding hydrogens is 181 g/mol. The van der Waals surface area contributed by atoms with Gasteiger partial charge < -0.3 is 10.8 Å². The standard InChI is InChI=1S/C11H14FNO/c12-11-8-3-1-2-7(8)4-5-9(11)10(13)6-14/h4-5,10,14H,1-3,6,13H2. The average Bonchev–Trinajstić information content (AvgIpc) is 2.66. The van der Waals surface area contributed by atoms with Gasteiger partial charge in [0.15, 0.2) is 0 Å². The molecule has 1 aromatic carbocycles. The summed E-state index contributed by atoms with van der Waals surface area (Å²) in [5, 5.41) is 8.87. The normalized spacial score (nSPS) is 16.8. The Morgan fingerprint density at radius 1 is 1.43 bits per heavy atom. The Kier molecular flexibility index (Phi) is 2.52. The second-order valence-corrected chi connectivity index (χ2v) is 3.75. The van der Waals surface area contributed by atoms with Gasteiger partial charge in [-0.15, -0.1) is 0 Å². The van der Waals surface area contributed by atoms with E-state index in [1.807, 2.05) is 6.07 Å². The van der Waals surface area contributed by atoms with Crippen LogP contribution in [-0.2, 0) is 12.8 Å². The van der Waals surface area contributed by atoms with Gasteiger partial charge in [0, 0.05) is 5.56 Å². The molecule has 0 radical (unpaired) electrons. The van der Waals surface area contributed by atoms with E-state index >= 15 is 0 Å². The van der Waals surface area contributed by atoms with E-state index in [1.165, 1.54) is 0 Å². The summed E-state index contributed by atoms with van der Waals surface area (Å²) in [4.78, 5) is 0. The molecule has 0 bridgehead atoms. The molecule has 0 heterocycles. The van der Waals surface area contributed by atoms with Gasteiger partial charge in [0.25, 0.3) is 0 Å². The topological polar surface area (TPSA) is 46.2 Å². The molecule has 2 rings (SSSR count). The Morgan fingerprint density at radius 3 is 2.93 bits per heavy atom. The summed E-state index contributed by atoms with van der Waals surface area (Å²) in [5.74, 6) is -0.207. The third-order valence-corrected chi connectivity index (χ3v) is 2.84. The predicted octanol–water partition coefficient (Wildman–Crippen LogP) is 1.31. The van der Waals surface area contributed by atoms with Crippen molar-refractivity contribution in [2.75, 3.05) is 6.61 Å². The van der Waals surface area contributed by atoms with E-state index in [2.05, 4.69) is 0 Å². The van der Waals surface area contributed by atoms with Crippen LogP contribution in [0.3, 0.4) is 0 Å². The Balaban J connectivity index is 2.44. The molecule has 3 heteroatoms. The zero-order chi connectivity index (χ0) is 10.1. The van der Waals surface area contributed by atoms with E-state index in [0.717, 1.165) is 30.4 Å². The van der Waals surface area contributed by atoms with Crippen LogP contribution in [0.2, 0.25) is 0 Å². The molecule has 0 spiro atoms. The quantitative estimate of drug-likeness (QED) is 0.747. The summed E-state index contributed by atoms with van der Waals surface area (Å²) in [7, 11) is 0. The molecule has 1 aliphatic carbocycles. The Labute approximate surface area is 82.5 Å². The van der Waals surface area contributed by atoms with Gasteiger partial charge in [-0.25, -0.2) is 4.39 Å². The fourth-order valence-electron chi connectivity index (χ4n) is 2.02. The molecule has 3 N–H and O–H groups in total. The van der Waals surface area contributed by atoms with E-state index in [9.17, 15) is 4.39 Å². The van der Waals surface area contributed by atoms with E-state index in [4.69, 9.17) is 10.8 Å². The van der Waals surface area contributed by atoms with Crippen LogP contribution in [0, 0.1) is 5.82 Å². The van der Waals surface area contributed by atoms with Crippen LogP contribution in [0.4, 0.5) is 4.39 Å². The van der Waals surface area contributed by atoms with Gasteiger partial charge in [-0.2, -0.15) is 0 Å². The van der Waals surface area contributed by atoms with Crippen molar-refractivity contribution in [2.45, 2.75) is 25.3 Å². The first-order chi connectivity index (χ1) is 6.74. The fraction of sp³-hybridized carbons (Fsp3) is 0.455. The van der Waals surface area contributed by atoms with Gasteiger partial charge in [-0.05, 0) is 30.4 Å². The molecule has 0 aromatic heterocycles. The monoisotopic (exact) mass is 195 g/mol. The van der Waals surface area contributed by atoms with Crippen molar-refractivity contribution >= 4 is 0 Å². The van der Waals surface area contributed by atoms with Gasteiger partial charge in [0.2, 0.25) is 0 Å². The van der Waals surface area contributed by atoms with E-state index < -0.39 is 6.04 Å². The van der Waals surface area contributed by atoms with Crippen LogP contribution in [0.15, 0.2) is 12.1 Å². The maximum Gasteiger partial charge on any atom is 0.131 e. The summed E-state index contributed by atoms with van der Waals surface area (Å²) in [5.41, 5.74) is 7.93. The Morgan fingerprint density at radius 2 is 2.21 bits per heavy atom. The van der Waals surface area contributed by atoms with Gasteiger partial charge >= 0.3 is 0 Å². The number of hydrogen-bond donors (Lipinski definition) is 2. The summed E-state index contributed by atoms with van der Waals surface area (Å²) in [6.45, 7) is -0.213. The third-order valence-electron chi connectivity index (χ3n) is 2.84. The molecule has 14 heavy (non-hydrogen) atoms. The SMILES string of the molecule is NC(CO)c1ccc2c(c1F)CCC2. The average molecular weight is 195 g/mol. The largest absolute Gasteiger partial charge is 0.394 e. The van der Waals surface area contributed by atoms with Gasteiger partial charge in [0.05, 0.1) is 12.6 Å². The van der Waals surface area contributed by atoms with E-state index in [-0.39, 0.29) is 12.4 Å². The van der Waals surface area contributed by atoms with Crippen molar-refractivity contribution in [1.29, 1.82) is 0 Å². The van der Waals surface area contributed by atoms with Gasteiger partial charge in [-0.3, -0.25) is 0 Å². The second kappa shape index (κ2) is 3.67. The first kappa shape index (κ1) is 9.62. The van der Waals surface area contributed by atoms with Gasteiger partial charge in [0.1, 0.15) is 5.82 Å². The maximum atomic E-state index is 13.8. The van der Waals surface area contributed by atoms with Crippen molar-refractivity contribution < 1.29 is 9.50 Å². The second-order valence-electron chi connectivity index (χ2n) is 3.75. The van der Waals surface area contributed by atoms with Crippen molar-refractivity contribution in [1.82, 2.24) is 0 Å². The van der Waals surface area contributed by atoms with Crippen LogP contribution >= 0.6 is 0 Å². The number of aliphatic hydroxyl groups excluding tert-OH is 1. The lowest BCUT2D eigenvalue weighted by Gasteiger charge is -2.12. The van der Waals surface area contributed by atoms with Crippen molar-refractivity contribution in [3.63, 3.8) is 0 Å². The number of aryl methyl sites for hydroxylation is 1. The summed E-state index contributed by atoms with van der Waals surface area (Å²) >= 11 is 0. The molecular formula is C11H14FNO. The number of benzene rings is 1. The highest BCUT2D eigenvalue weighted by Crippen LogP contribution is 2.28. The molecule has 76 valence electrons. The molecule has 1 aromatic rings. The number of nitrogens with two attached hydrogens (primary N) is 1. The minimum absolute atomic E-state index is 0.207. The third kappa shape index (κ3) is 1.42. The van der Waals surface area contributed by atoms with Crippen LogP contribution in [0.25, 0.3) is 0 Å². The first-order valence-corrected chi connectivity index (χ1v) is 4.90. The molecule has 1 atom stereocenters. The molecule has 0 aliphatic heterocycles. The van der Waals surface area contributed by atoms with Crippen LogP contribution in [-0.4, -0.2) is 11.7 Å². The molecule has 0 saturated carbocycles. The van der Waals surface area contributed by atoms with Crippen LogP contribution in [0.5, 0.6) is 0 Å². The molecule has 0 fully saturated rings. The molecule has 1 unspecified atom stereocenters. The number of aliphatic hydroxyl groups is 1. The van der Waals surface area contributed by atoms with E-state index in [1.54, 1.807) is 6.07 Å². The Bertz CT molecular complexity index is 351. The summed E-state index contributed by atoms with van der Waals surface area (Å²) < 4.78 is 13.8. The number of halogens is 1. The lowest BCUT2D eigenvalue weighted by molar-refractivity contribution is 0.265. The number of rotatable bonds is 2.